The van der Waals surface area contributed by atoms with Gasteiger partial charge in [0.25, 0.3) is 0 Å². The number of ether oxygens (including phenoxy) is 2. The van der Waals surface area contributed by atoms with E-state index in [0.717, 1.165) is 5.39 Å². The van der Waals surface area contributed by atoms with Crippen molar-refractivity contribution < 1.29 is 33.0 Å². The number of benzene rings is 2. The Morgan fingerprint density at radius 3 is 2.62 bits per heavy atom. The van der Waals surface area contributed by atoms with Crippen LogP contribution in [0.5, 0.6) is 5.75 Å². The van der Waals surface area contributed by atoms with Crippen LogP contribution in [0.15, 0.2) is 60.9 Å². The number of nitrogens with one attached hydrogen (secondary N) is 1. The van der Waals surface area contributed by atoms with Crippen molar-refractivity contribution in [3.8, 4) is 5.75 Å². The molecule has 4 rings (SSSR count). The highest BCUT2D eigenvalue weighted by atomic mass is 31.2. The number of fused-ring (bicyclic) bond motifs is 2. The van der Waals surface area contributed by atoms with E-state index >= 15 is 0 Å². The molecule has 40 heavy (non-hydrogen) atoms. The third-order valence-electron chi connectivity index (χ3n) is 6.21. The summed E-state index contributed by atoms with van der Waals surface area (Å²) in [6.07, 6.45) is -1.17. The molecule has 0 radical (unpaired) electrons. The molecule has 0 aliphatic carbocycles. The number of aromatic nitrogens is 3. The predicted octanol–water partition coefficient (Wildman–Crippen LogP) is 4.04. The first-order chi connectivity index (χ1) is 19.1. The van der Waals surface area contributed by atoms with Crippen molar-refractivity contribution in [1.29, 1.82) is 0 Å². The van der Waals surface area contributed by atoms with Gasteiger partial charge >= 0.3 is 13.7 Å². The van der Waals surface area contributed by atoms with Crippen LogP contribution >= 0.6 is 7.75 Å². The van der Waals surface area contributed by atoms with Crippen molar-refractivity contribution in [2.45, 2.75) is 52.0 Å². The van der Waals surface area contributed by atoms with Crippen LogP contribution in [0.1, 0.15) is 39.5 Å². The Bertz CT molecular complexity index is 1510. The van der Waals surface area contributed by atoms with E-state index in [4.69, 9.17) is 24.3 Å². The zero-order valence-electron chi connectivity index (χ0n) is 22.8. The van der Waals surface area contributed by atoms with Gasteiger partial charge in [-0.1, -0.05) is 36.4 Å². The van der Waals surface area contributed by atoms with Gasteiger partial charge in [-0.05, 0) is 51.3 Å². The van der Waals surface area contributed by atoms with Crippen LogP contribution in [-0.2, 0) is 23.4 Å². The van der Waals surface area contributed by atoms with Gasteiger partial charge in [0, 0.05) is 5.39 Å². The van der Waals surface area contributed by atoms with Crippen molar-refractivity contribution in [3.63, 3.8) is 0 Å². The van der Waals surface area contributed by atoms with Crippen molar-refractivity contribution in [3.05, 3.63) is 66.6 Å². The van der Waals surface area contributed by atoms with Crippen LogP contribution in [0.3, 0.4) is 0 Å². The Labute approximate surface area is 232 Å². The Hall–Kier alpha value is -3.54. The summed E-state index contributed by atoms with van der Waals surface area (Å²) in [5.41, 5.74) is 7.21. The Morgan fingerprint density at radius 2 is 1.88 bits per heavy atom. The van der Waals surface area contributed by atoms with E-state index in [2.05, 4.69) is 15.2 Å². The van der Waals surface area contributed by atoms with Crippen LogP contribution in [0.4, 0.5) is 5.82 Å². The summed E-state index contributed by atoms with van der Waals surface area (Å²) in [5, 5.41) is 19.0. The fourth-order valence-corrected chi connectivity index (χ4v) is 5.65. The van der Waals surface area contributed by atoms with Gasteiger partial charge in [0.1, 0.15) is 29.7 Å². The lowest BCUT2D eigenvalue weighted by Gasteiger charge is -2.28. The Morgan fingerprint density at radius 1 is 1.12 bits per heavy atom. The fourth-order valence-electron chi connectivity index (χ4n) is 4.13. The molecule has 4 aromatic rings. The highest BCUT2D eigenvalue weighted by molar-refractivity contribution is 7.52. The number of aliphatic hydroxyl groups excluding tert-OH is 1. The number of esters is 1. The van der Waals surface area contributed by atoms with Crippen LogP contribution in [0.2, 0.25) is 0 Å². The summed E-state index contributed by atoms with van der Waals surface area (Å²) in [7, 11) is -4.21. The molecule has 0 aliphatic heterocycles. The zero-order chi connectivity index (χ0) is 28.9. The van der Waals surface area contributed by atoms with E-state index in [0.29, 0.717) is 28.2 Å². The monoisotopic (exact) mass is 571 g/mol. The number of aliphatic hydroxyl groups is 1. The first-order valence-electron chi connectivity index (χ1n) is 12.9. The molecular formula is C27H34N5O7P. The zero-order valence-corrected chi connectivity index (χ0v) is 23.7. The van der Waals surface area contributed by atoms with E-state index in [-0.39, 0.29) is 13.2 Å². The minimum absolute atomic E-state index is 0.154. The number of anilines is 1. The lowest BCUT2D eigenvalue weighted by atomic mass is 10.1. The van der Waals surface area contributed by atoms with Crippen LogP contribution in [-0.4, -0.2) is 57.1 Å². The van der Waals surface area contributed by atoms with Crippen molar-refractivity contribution in [2.75, 3.05) is 18.9 Å². The lowest BCUT2D eigenvalue weighted by Crippen LogP contribution is -2.37. The number of hydrogen-bond donors (Lipinski definition) is 3. The van der Waals surface area contributed by atoms with Crippen molar-refractivity contribution >= 4 is 35.8 Å². The van der Waals surface area contributed by atoms with E-state index in [9.17, 15) is 14.5 Å². The van der Waals surface area contributed by atoms with E-state index in [1.165, 1.54) is 20.2 Å². The maximum absolute atomic E-state index is 14.1. The molecule has 0 aliphatic rings. The quantitative estimate of drug-likeness (QED) is 0.157. The minimum Gasteiger partial charge on any atom is -0.465 e. The highest BCUT2D eigenvalue weighted by Gasteiger charge is 2.35. The largest absolute Gasteiger partial charge is 0.465 e. The van der Waals surface area contributed by atoms with Gasteiger partial charge in [0.15, 0.2) is 5.82 Å². The molecule has 0 bridgehead atoms. The summed E-state index contributed by atoms with van der Waals surface area (Å²) in [5.74, 6) is -0.00635. The molecular weight excluding hydrogens is 537 g/mol. The average molecular weight is 572 g/mol. The number of rotatable bonds is 13. The standard InChI is InChI=1S/C27H34N5O7P/c1-5-36-27(34)17(2)31-40(35,39-24-12-8-10-20-9-6-7-11-21(20)24)37-15-25(18(3)33)38-19(4)22-13-14-23-26(28)29-16-30-32(22)23/h6-14,16-19,25,33H,5,15H2,1-4H3,(H,31,35)(H2,28,29,30)/t17-,18-,19+,25+,40?/m0/s1. The number of carbonyl (C=O) groups excluding carboxylic acids is 1. The maximum atomic E-state index is 14.1. The summed E-state index contributed by atoms with van der Waals surface area (Å²) < 4.78 is 38.6. The molecule has 4 N–H and O–H groups in total. The third-order valence-corrected chi connectivity index (χ3v) is 7.84. The summed E-state index contributed by atoms with van der Waals surface area (Å²) >= 11 is 0. The number of carbonyl (C=O) groups is 1. The third kappa shape index (κ3) is 6.78. The van der Waals surface area contributed by atoms with Gasteiger partial charge in [-0.25, -0.2) is 14.1 Å². The molecule has 0 saturated carbocycles. The normalized spacial score (nSPS) is 16.2. The van der Waals surface area contributed by atoms with Crippen LogP contribution in [0, 0.1) is 0 Å². The topological polar surface area (TPSA) is 160 Å². The Balaban J connectivity index is 1.56. The molecule has 5 atom stereocenters. The van der Waals surface area contributed by atoms with Crippen LogP contribution < -0.4 is 15.3 Å². The number of nitrogens with two attached hydrogens (primary N) is 1. The predicted molar refractivity (Wildman–Crippen MR) is 150 cm³/mol. The molecule has 0 saturated heterocycles. The van der Waals surface area contributed by atoms with E-state index in [1.54, 1.807) is 42.6 Å². The van der Waals surface area contributed by atoms with Gasteiger partial charge in [-0.15, -0.1) is 0 Å². The minimum atomic E-state index is -4.21. The second-order valence-corrected chi connectivity index (χ2v) is 10.9. The first kappa shape index (κ1) is 29.4. The molecule has 2 heterocycles. The summed E-state index contributed by atoms with van der Waals surface area (Å²) in [4.78, 5) is 16.3. The molecule has 12 nitrogen and oxygen atoms in total. The number of hydrogen-bond acceptors (Lipinski definition) is 10. The van der Waals surface area contributed by atoms with E-state index < -0.39 is 38.1 Å². The number of nitrogens with zero attached hydrogens (tertiary/aromatic N) is 3. The van der Waals surface area contributed by atoms with Crippen molar-refractivity contribution in [2.24, 2.45) is 0 Å². The molecule has 214 valence electrons. The van der Waals surface area contributed by atoms with Crippen LogP contribution in [0.25, 0.3) is 16.3 Å². The number of nitrogen functional groups attached to an aromatic ring is 1. The molecule has 1 unspecified atom stereocenters. The molecule has 0 amide bonds. The summed E-state index contributed by atoms with van der Waals surface area (Å²) in [6, 6.07) is 15.3. The van der Waals surface area contributed by atoms with Crippen molar-refractivity contribution in [1.82, 2.24) is 19.7 Å². The molecule has 2 aromatic carbocycles. The molecule has 2 aromatic heterocycles. The van der Waals surface area contributed by atoms with Gasteiger partial charge in [0.2, 0.25) is 0 Å². The van der Waals surface area contributed by atoms with Gasteiger partial charge in [0.05, 0.1) is 31.1 Å². The average Bonchev–Trinajstić information content (AvgIpc) is 3.37. The summed E-state index contributed by atoms with van der Waals surface area (Å²) in [6.45, 7) is 6.31. The molecule has 13 heteroatoms. The first-order valence-corrected chi connectivity index (χ1v) is 14.4. The highest BCUT2D eigenvalue weighted by Crippen LogP contribution is 2.47. The molecule has 0 fully saturated rings. The second kappa shape index (κ2) is 12.8. The van der Waals surface area contributed by atoms with E-state index in [1.807, 2.05) is 30.3 Å². The molecule has 0 spiro atoms. The lowest BCUT2D eigenvalue weighted by molar-refractivity contribution is -0.144. The fraction of sp³-hybridized carbons (Fsp3) is 0.370. The SMILES string of the molecule is CCOC(=O)[C@H](C)NP(=O)(OC[C@@H](O[C@H](C)c1ccc2c(N)ncnn12)[C@H](C)O)Oc1cccc2ccccc12. The van der Waals surface area contributed by atoms with Gasteiger partial charge < -0.3 is 24.8 Å². The van der Waals surface area contributed by atoms with Gasteiger partial charge in [-0.2, -0.15) is 10.2 Å². The smallest absolute Gasteiger partial charge is 0.459 e. The van der Waals surface area contributed by atoms with Gasteiger partial charge in [-0.3, -0.25) is 9.32 Å². The Kier molecular flexibility index (Phi) is 9.39. The second-order valence-electron chi connectivity index (χ2n) is 9.22. The maximum Gasteiger partial charge on any atom is 0.459 e.